The number of hydrogen-bond donors (Lipinski definition) is 0. The Morgan fingerprint density at radius 1 is 1.20 bits per heavy atom. The summed E-state index contributed by atoms with van der Waals surface area (Å²) in [6, 6.07) is 15.2. The van der Waals surface area contributed by atoms with Crippen LogP contribution in [-0.2, 0) is 0 Å². The van der Waals surface area contributed by atoms with Crippen LogP contribution in [0.3, 0.4) is 0 Å². The lowest BCUT2D eigenvalue weighted by molar-refractivity contribution is 0.0978. The summed E-state index contributed by atoms with van der Waals surface area (Å²) in [5.74, 6) is -0.941. The normalized spacial score (nSPS) is 11.7. The molecule has 0 bridgehead atoms. The molecule has 0 fully saturated rings. The Labute approximate surface area is 127 Å². The SMILES string of the molecule is Cc1ccc(C(=O)C(C#N)c2ccccc2C)c(Br)c1. The van der Waals surface area contributed by atoms with Crippen LogP contribution in [0.1, 0.15) is 33.0 Å². The van der Waals surface area contributed by atoms with Crippen LogP contribution in [0.15, 0.2) is 46.9 Å². The van der Waals surface area contributed by atoms with Gasteiger partial charge in [-0.25, -0.2) is 0 Å². The largest absolute Gasteiger partial charge is 0.292 e. The number of ketones is 1. The molecule has 0 aliphatic rings. The molecule has 0 amide bonds. The van der Waals surface area contributed by atoms with Crippen LogP contribution in [-0.4, -0.2) is 5.78 Å². The summed E-state index contributed by atoms with van der Waals surface area (Å²) in [4.78, 5) is 12.6. The van der Waals surface area contributed by atoms with E-state index in [2.05, 4.69) is 22.0 Å². The molecule has 0 radical (unpaired) electrons. The molecule has 0 saturated heterocycles. The second-order valence-corrected chi connectivity index (χ2v) is 5.62. The number of halogens is 1. The van der Waals surface area contributed by atoms with E-state index in [1.807, 2.05) is 50.2 Å². The molecule has 20 heavy (non-hydrogen) atoms. The van der Waals surface area contributed by atoms with Crippen molar-refractivity contribution in [2.45, 2.75) is 19.8 Å². The third-order valence-corrected chi connectivity index (χ3v) is 3.94. The third-order valence-electron chi connectivity index (χ3n) is 3.28. The van der Waals surface area contributed by atoms with Crippen molar-refractivity contribution in [3.05, 3.63) is 69.2 Å². The molecule has 0 aliphatic carbocycles. The fourth-order valence-corrected chi connectivity index (χ4v) is 2.84. The van der Waals surface area contributed by atoms with Crippen LogP contribution in [0.4, 0.5) is 0 Å². The van der Waals surface area contributed by atoms with Gasteiger partial charge in [-0.15, -0.1) is 0 Å². The molecule has 0 N–H and O–H groups in total. The summed E-state index contributed by atoms with van der Waals surface area (Å²) >= 11 is 3.41. The Balaban J connectivity index is 2.45. The number of benzene rings is 2. The molecule has 0 aliphatic heterocycles. The Morgan fingerprint density at radius 3 is 2.50 bits per heavy atom. The van der Waals surface area contributed by atoms with Gasteiger partial charge in [0.15, 0.2) is 5.78 Å². The second-order valence-electron chi connectivity index (χ2n) is 4.77. The van der Waals surface area contributed by atoms with Gasteiger partial charge in [0.2, 0.25) is 0 Å². The molecular formula is C17H14BrNO. The fraction of sp³-hybridized carbons (Fsp3) is 0.176. The standard InChI is InChI=1S/C17H14BrNO/c1-11-7-8-14(16(18)9-11)17(20)15(10-19)13-6-4-3-5-12(13)2/h3-9,15H,1-2H3. The van der Waals surface area contributed by atoms with E-state index in [1.165, 1.54) is 0 Å². The lowest BCUT2D eigenvalue weighted by atomic mass is 9.89. The van der Waals surface area contributed by atoms with Crippen molar-refractivity contribution in [1.29, 1.82) is 5.26 Å². The van der Waals surface area contributed by atoms with E-state index in [1.54, 1.807) is 6.07 Å². The monoisotopic (exact) mass is 327 g/mol. The van der Waals surface area contributed by atoms with Crippen molar-refractivity contribution in [3.8, 4) is 6.07 Å². The van der Waals surface area contributed by atoms with Crippen LogP contribution in [0.2, 0.25) is 0 Å². The van der Waals surface area contributed by atoms with E-state index in [4.69, 9.17) is 0 Å². The highest BCUT2D eigenvalue weighted by molar-refractivity contribution is 9.10. The van der Waals surface area contributed by atoms with E-state index in [0.29, 0.717) is 5.56 Å². The number of nitrogens with zero attached hydrogens (tertiary/aromatic N) is 1. The minimum absolute atomic E-state index is 0.173. The van der Waals surface area contributed by atoms with Gasteiger partial charge in [0.1, 0.15) is 5.92 Å². The Kier molecular flexibility index (Phi) is 4.36. The van der Waals surface area contributed by atoms with Crippen molar-refractivity contribution in [2.24, 2.45) is 0 Å². The fourth-order valence-electron chi connectivity index (χ4n) is 2.16. The summed E-state index contributed by atoms with van der Waals surface area (Å²) in [6.45, 7) is 3.87. The summed E-state index contributed by atoms with van der Waals surface area (Å²) in [7, 11) is 0. The highest BCUT2D eigenvalue weighted by Gasteiger charge is 2.24. The van der Waals surface area contributed by atoms with Crippen LogP contribution in [0.25, 0.3) is 0 Å². The van der Waals surface area contributed by atoms with Crippen LogP contribution in [0.5, 0.6) is 0 Å². The zero-order chi connectivity index (χ0) is 14.7. The highest BCUT2D eigenvalue weighted by atomic mass is 79.9. The molecular weight excluding hydrogens is 314 g/mol. The Morgan fingerprint density at radius 2 is 1.90 bits per heavy atom. The predicted molar refractivity (Wildman–Crippen MR) is 82.7 cm³/mol. The molecule has 3 heteroatoms. The van der Waals surface area contributed by atoms with Crippen molar-refractivity contribution >= 4 is 21.7 Å². The van der Waals surface area contributed by atoms with Crippen molar-refractivity contribution in [1.82, 2.24) is 0 Å². The van der Waals surface area contributed by atoms with Gasteiger partial charge in [-0.2, -0.15) is 5.26 Å². The van der Waals surface area contributed by atoms with E-state index in [0.717, 1.165) is 21.2 Å². The second kappa shape index (κ2) is 6.02. The minimum Gasteiger partial charge on any atom is -0.292 e. The number of carbonyl (C=O) groups is 1. The zero-order valence-electron chi connectivity index (χ0n) is 11.4. The first-order chi connectivity index (χ1) is 9.54. The summed E-state index contributed by atoms with van der Waals surface area (Å²) in [5.41, 5.74) is 3.34. The summed E-state index contributed by atoms with van der Waals surface area (Å²) in [6.07, 6.45) is 0. The lowest BCUT2D eigenvalue weighted by Crippen LogP contribution is -2.13. The number of Topliss-reactive ketones (excluding diaryl/α,β-unsaturated/α-hetero) is 1. The first kappa shape index (κ1) is 14.5. The molecule has 0 spiro atoms. The van der Waals surface area contributed by atoms with Gasteiger partial charge in [-0.3, -0.25) is 4.79 Å². The number of carbonyl (C=O) groups excluding carboxylic acids is 1. The van der Waals surface area contributed by atoms with Crippen molar-refractivity contribution < 1.29 is 4.79 Å². The van der Waals surface area contributed by atoms with Crippen LogP contribution in [0, 0.1) is 25.2 Å². The topological polar surface area (TPSA) is 40.9 Å². The Hall–Kier alpha value is -1.92. The van der Waals surface area contributed by atoms with E-state index in [9.17, 15) is 10.1 Å². The number of nitriles is 1. The molecule has 100 valence electrons. The third kappa shape index (κ3) is 2.81. The van der Waals surface area contributed by atoms with Crippen molar-refractivity contribution in [3.63, 3.8) is 0 Å². The van der Waals surface area contributed by atoms with Gasteiger partial charge in [0.25, 0.3) is 0 Å². The van der Waals surface area contributed by atoms with Gasteiger partial charge in [-0.05, 0) is 42.7 Å². The van der Waals surface area contributed by atoms with E-state index >= 15 is 0 Å². The first-order valence-corrected chi connectivity index (χ1v) is 7.09. The molecule has 1 atom stereocenters. The van der Waals surface area contributed by atoms with Crippen LogP contribution < -0.4 is 0 Å². The average Bonchev–Trinajstić information content (AvgIpc) is 2.41. The highest BCUT2D eigenvalue weighted by Crippen LogP contribution is 2.27. The number of rotatable bonds is 3. The van der Waals surface area contributed by atoms with E-state index in [-0.39, 0.29) is 5.78 Å². The maximum Gasteiger partial charge on any atom is 0.185 e. The predicted octanol–water partition coefficient (Wildman–Crippen LogP) is 4.56. The summed E-state index contributed by atoms with van der Waals surface area (Å²) < 4.78 is 0.733. The lowest BCUT2D eigenvalue weighted by Gasteiger charge is -2.12. The summed E-state index contributed by atoms with van der Waals surface area (Å²) in [5, 5.41) is 9.39. The maximum atomic E-state index is 12.6. The molecule has 0 saturated carbocycles. The van der Waals surface area contributed by atoms with Gasteiger partial charge in [0.05, 0.1) is 6.07 Å². The number of hydrogen-bond acceptors (Lipinski definition) is 2. The van der Waals surface area contributed by atoms with Gasteiger partial charge in [0, 0.05) is 10.0 Å². The van der Waals surface area contributed by atoms with E-state index < -0.39 is 5.92 Å². The maximum absolute atomic E-state index is 12.6. The van der Waals surface area contributed by atoms with Gasteiger partial charge >= 0.3 is 0 Å². The van der Waals surface area contributed by atoms with Gasteiger partial charge < -0.3 is 0 Å². The Bertz CT molecular complexity index is 700. The molecule has 1 unspecified atom stereocenters. The quantitative estimate of drug-likeness (QED) is 0.775. The molecule has 2 aromatic carbocycles. The number of aryl methyl sites for hydroxylation is 2. The molecule has 0 aromatic heterocycles. The smallest absolute Gasteiger partial charge is 0.185 e. The molecule has 2 nitrogen and oxygen atoms in total. The first-order valence-electron chi connectivity index (χ1n) is 6.30. The zero-order valence-corrected chi connectivity index (χ0v) is 12.9. The van der Waals surface area contributed by atoms with Gasteiger partial charge in [-0.1, -0.05) is 46.3 Å². The molecule has 0 heterocycles. The molecule has 2 aromatic rings. The average molecular weight is 328 g/mol. The van der Waals surface area contributed by atoms with Crippen molar-refractivity contribution in [2.75, 3.05) is 0 Å². The molecule has 2 rings (SSSR count). The van der Waals surface area contributed by atoms with Crippen LogP contribution >= 0.6 is 15.9 Å². The minimum atomic E-state index is -0.768.